The first-order chi connectivity index (χ1) is 5.15. The summed E-state index contributed by atoms with van der Waals surface area (Å²) in [6, 6.07) is 1.86. The van der Waals surface area contributed by atoms with E-state index in [1.807, 2.05) is 19.9 Å². The lowest BCUT2D eigenvalue weighted by atomic mass is 10.2. The number of rotatable bonds is 2. The van der Waals surface area contributed by atoms with E-state index in [1.54, 1.807) is 0 Å². The van der Waals surface area contributed by atoms with Gasteiger partial charge in [-0.25, -0.2) is 4.79 Å². The first-order valence-corrected chi connectivity index (χ1v) is 3.57. The molecule has 0 aliphatic heterocycles. The van der Waals surface area contributed by atoms with Gasteiger partial charge < -0.3 is 10.1 Å². The van der Waals surface area contributed by atoms with Gasteiger partial charge in [0.25, 0.3) is 0 Å². The zero-order valence-corrected chi connectivity index (χ0v) is 6.64. The molecule has 1 heterocycles. The Bertz CT molecular complexity index is 276. The summed E-state index contributed by atoms with van der Waals surface area (Å²) >= 11 is 0. The Kier molecular flexibility index (Phi) is 1.98. The Hall–Kier alpha value is -1.25. The fourth-order valence-corrected chi connectivity index (χ4v) is 1.12. The number of carbonyl (C=O) groups is 1. The SMILES string of the molecule is CCc1cc(C)[nH]c1C(=O)O. The molecule has 11 heavy (non-hydrogen) atoms. The normalized spacial score (nSPS) is 10.0. The van der Waals surface area contributed by atoms with E-state index in [-0.39, 0.29) is 0 Å². The van der Waals surface area contributed by atoms with Crippen molar-refractivity contribution in [2.75, 3.05) is 0 Å². The standard InChI is InChI=1S/C8H11NO2/c1-3-6-4-5(2)9-7(6)8(10)11/h4,9H,3H2,1-2H3,(H,10,11). The fraction of sp³-hybridized carbons (Fsp3) is 0.375. The molecular weight excluding hydrogens is 142 g/mol. The Morgan fingerprint density at radius 2 is 2.36 bits per heavy atom. The van der Waals surface area contributed by atoms with Crippen LogP contribution in [0, 0.1) is 6.92 Å². The molecule has 1 aromatic rings. The summed E-state index contributed by atoms with van der Waals surface area (Å²) in [5, 5.41) is 8.68. The van der Waals surface area contributed by atoms with Gasteiger partial charge in [-0.1, -0.05) is 6.92 Å². The minimum absolute atomic E-state index is 0.324. The molecule has 3 nitrogen and oxygen atoms in total. The van der Waals surface area contributed by atoms with Gasteiger partial charge in [0.15, 0.2) is 0 Å². The maximum absolute atomic E-state index is 10.6. The summed E-state index contributed by atoms with van der Waals surface area (Å²) in [6.07, 6.45) is 0.756. The molecule has 1 rings (SSSR count). The highest BCUT2D eigenvalue weighted by Gasteiger charge is 2.10. The molecule has 0 aromatic carbocycles. The van der Waals surface area contributed by atoms with Crippen LogP contribution in [0.4, 0.5) is 0 Å². The topological polar surface area (TPSA) is 53.1 Å². The molecule has 3 heteroatoms. The van der Waals surface area contributed by atoms with Crippen molar-refractivity contribution in [3.63, 3.8) is 0 Å². The maximum Gasteiger partial charge on any atom is 0.352 e. The number of aryl methyl sites for hydroxylation is 2. The van der Waals surface area contributed by atoms with E-state index in [0.717, 1.165) is 17.7 Å². The van der Waals surface area contributed by atoms with Crippen LogP contribution in [-0.2, 0) is 6.42 Å². The number of aromatic carboxylic acids is 1. The Labute approximate surface area is 65.1 Å². The second kappa shape index (κ2) is 2.78. The molecule has 0 atom stereocenters. The molecular formula is C8H11NO2. The smallest absolute Gasteiger partial charge is 0.352 e. The van der Waals surface area contributed by atoms with Gasteiger partial charge in [0.2, 0.25) is 0 Å². The predicted octanol–water partition coefficient (Wildman–Crippen LogP) is 1.58. The highest BCUT2D eigenvalue weighted by atomic mass is 16.4. The minimum Gasteiger partial charge on any atom is -0.477 e. The molecule has 0 saturated heterocycles. The second-order valence-corrected chi connectivity index (χ2v) is 2.51. The molecule has 0 bridgehead atoms. The lowest BCUT2D eigenvalue weighted by molar-refractivity contribution is 0.0690. The minimum atomic E-state index is -0.880. The first kappa shape index (κ1) is 7.85. The van der Waals surface area contributed by atoms with E-state index in [0.29, 0.717) is 5.69 Å². The monoisotopic (exact) mass is 153 g/mol. The van der Waals surface area contributed by atoms with Crippen molar-refractivity contribution in [3.8, 4) is 0 Å². The van der Waals surface area contributed by atoms with Crippen molar-refractivity contribution < 1.29 is 9.90 Å². The zero-order chi connectivity index (χ0) is 8.43. The lowest BCUT2D eigenvalue weighted by Crippen LogP contribution is -2.00. The molecule has 0 radical (unpaired) electrons. The van der Waals surface area contributed by atoms with Crippen LogP contribution in [0.1, 0.15) is 28.7 Å². The molecule has 0 fully saturated rings. The number of aromatic nitrogens is 1. The van der Waals surface area contributed by atoms with Crippen molar-refractivity contribution in [3.05, 3.63) is 23.0 Å². The van der Waals surface area contributed by atoms with Crippen LogP contribution in [0.2, 0.25) is 0 Å². The number of carboxylic acid groups (broad SMARTS) is 1. The second-order valence-electron chi connectivity index (χ2n) is 2.51. The van der Waals surface area contributed by atoms with Gasteiger partial charge in [0, 0.05) is 5.69 Å². The van der Waals surface area contributed by atoms with Crippen LogP contribution in [0.15, 0.2) is 6.07 Å². The average Bonchev–Trinajstić information content (AvgIpc) is 2.30. The quantitative estimate of drug-likeness (QED) is 0.677. The molecule has 0 unspecified atom stereocenters. The van der Waals surface area contributed by atoms with E-state index in [4.69, 9.17) is 5.11 Å². The summed E-state index contributed by atoms with van der Waals surface area (Å²) in [4.78, 5) is 13.4. The van der Waals surface area contributed by atoms with Gasteiger partial charge in [-0.2, -0.15) is 0 Å². The summed E-state index contributed by atoms with van der Waals surface area (Å²) in [5.74, 6) is -0.880. The highest BCUT2D eigenvalue weighted by molar-refractivity contribution is 5.87. The number of hydrogen-bond donors (Lipinski definition) is 2. The van der Waals surface area contributed by atoms with Crippen LogP contribution in [-0.4, -0.2) is 16.1 Å². The van der Waals surface area contributed by atoms with Crippen molar-refractivity contribution in [2.24, 2.45) is 0 Å². The van der Waals surface area contributed by atoms with E-state index < -0.39 is 5.97 Å². The van der Waals surface area contributed by atoms with E-state index in [1.165, 1.54) is 0 Å². The van der Waals surface area contributed by atoms with Crippen LogP contribution >= 0.6 is 0 Å². The highest BCUT2D eigenvalue weighted by Crippen LogP contribution is 2.10. The third kappa shape index (κ3) is 1.42. The summed E-state index contributed by atoms with van der Waals surface area (Å²) in [6.45, 7) is 3.79. The molecule has 0 spiro atoms. The lowest BCUT2D eigenvalue weighted by Gasteiger charge is -1.92. The third-order valence-electron chi connectivity index (χ3n) is 1.63. The molecule has 0 saturated carbocycles. The predicted molar refractivity (Wildman–Crippen MR) is 41.9 cm³/mol. The molecule has 60 valence electrons. The molecule has 0 aliphatic carbocycles. The van der Waals surface area contributed by atoms with Crippen LogP contribution < -0.4 is 0 Å². The molecule has 1 aromatic heterocycles. The average molecular weight is 153 g/mol. The van der Waals surface area contributed by atoms with Crippen LogP contribution in [0.25, 0.3) is 0 Å². The summed E-state index contributed by atoms with van der Waals surface area (Å²) in [7, 11) is 0. The van der Waals surface area contributed by atoms with Crippen LogP contribution in [0.5, 0.6) is 0 Å². The number of H-pyrrole nitrogens is 1. The molecule has 2 N–H and O–H groups in total. The zero-order valence-electron chi connectivity index (χ0n) is 6.64. The van der Waals surface area contributed by atoms with Crippen molar-refractivity contribution in [1.29, 1.82) is 0 Å². The van der Waals surface area contributed by atoms with Crippen molar-refractivity contribution in [2.45, 2.75) is 20.3 Å². The van der Waals surface area contributed by atoms with Gasteiger partial charge >= 0.3 is 5.97 Å². The number of nitrogens with one attached hydrogen (secondary N) is 1. The fourth-order valence-electron chi connectivity index (χ4n) is 1.12. The number of aromatic amines is 1. The van der Waals surface area contributed by atoms with Gasteiger partial charge in [0.1, 0.15) is 5.69 Å². The number of hydrogen-bond acceptors (Lipinski definition) is 1. The van der Waals surface area contributed by atoms with E-state index >= 15 is 0 Å². The Balaban J connectivity index is 3.12. The van der Waals surface area contributed by atoms with Gasteiger partial charge in [-0.05, 0) is 25.0 Å². The van der Waals surface area contributed by atoms with Crippen molar-refractivity contribution in [1.82, 2.24) is 4.98 Å². The summed E-state index contributed by atoms with van der Waals surface area (Å²) < 4.78 is 0. The first-order valence-electron chi connectivity index (χ1n) is 3.57. The van der Waals surface area contributed by atoms with E-state index in [9.17, 15) is 4.79 Å². The Morgan fingerprint density at radius 1 is 1.73 bits per heavy atom. The largest absolute Gasteiger partial charge is 0.477 e. The van der Waals surface area contributed by atoms with E-state index in [2.05, 4.69) is 4.98 Å². The van der Waals surface area contributed by atoms with Crippen LogP contribution in [0.3, 0.4) is 0 Å². The number of carboxylic acids is 1. The van der Waals surface area contributed by atoms with Crippen molar-refractivity contribution >= 4 is 5.97 Å². The third-order valence-corrected chi connectivity index (χ3v) is 1.63. The molecule has 0 amide bonds. The van der Waals surface area contributed by atoms with Gasteiger partial charge in [-0.15, -0.1) is 0 Å². The Morgan fingerprint density at radius 3 is 2.73 bits per heavy atom. The summed E-state index contributed by atoms with van der Waals surface area (Å²) in [5.41, 5.74) is 2.10. The maximum atomic E-state index is 10.6. The van der Waals surface area contributed by atoms with Gasteiger partial charge in [-0.3, -0.25) is 0 Å². The van der Waals surface area contributed by atoms with Gasteiger partial charge in [0.05, 0.1) is 0 Å². The molecule has 0 aliphatic rings.